The third-order valence-electron chi connectivity index (χ3n) is 6.03. The molecule has 0 fully saturated rings. The quantitative estimate of drug-likeness (QED) is 0.338. The molecule has 0 aliphatic heterocycles. The standard InChI is InChI=1S/C30H30N2O3S/c1-22-12-16-27(17-13-22)32(36(34,35)28-18-14-23(2)15-19-28)21-29(33)31-30(25-9-5-4-6-10-25)26-11-7-8-24(3)20-26/h4-20,30H,21H2,1-3H3,(H,31,33). The van der Waals surface area contributed by atoms with Crippen molar-refractivity contribution >= 4 is 21.6 Å². The lowest BCUT2D eigenvalue weighted by Crippen LogP contribution is -2.42. The molecule has 4 aromatic rings. The van der Waals surface area contributed by atoms with E-state index in [1.807, 2.05) is 87.5 Å². The van der Waals surface area contributed by atoms with E-state index in [0.29, 0.717) is 5.69 Å². The van der Waals surface area contributed by atoms with Gasteiger partial charge < -0.3 is 5.32 Å². The highest BCUT2D eigenvalue weighted by Crippen LogP contribution is 2.26. The summed E-state index contributed by atoms with van der Waals surface area (Å²) in [7, 11) is -3.98. The molecule has 184 valence electrons. The SMILES string of the molecule is Cc1ccc(N(CC(=O)NC(c2ccccc2)c2cccc(C)c2)S(=O)(=O)c2ccc(C)cc2)cc1. The van der Waals surface area contributed by atoms with Crippen LogP contribution in [0.3, 0.4) is 0 Å². The molecule has 0 heterocycles. The second-order valence-corrected chi connectivity index (χ2v) is 10.8. The normalized spacial score (nSPS) is 12.1. The first-order chi connectivity index (χ1) is 17.2. The van der Waals surface area contributed by atoms with Crippen LogP contribution in [0.2, 0.25) is 0 Å². The molecule has 0 radical (unpaired) electrons. The molecule has 0 saturated carbocycles. The van der Waals surface area contributed by atoms with Gasteiger partial charge >= 0.3 is 0 Å². The van der Waals surface area contributed by atoms with Crippen molar-refractivity contribution in [2.45, 2.75) is 31.7 Å². The van der Waals surface area contributed by atoms with Gasteiger partial charge in [0.15, 0.2) is 0 Å². The zero-order valence-corrected chi connectivity index (χ0v) is 21.5. The summed E-state index contributed by atoms with van der Waals surface area (Å²) in [4.78, 5) is 13.6. The summed E-state index contributed by atoms with van der Waals surface area (Å²) in [6.07, 6.45) is 0. The van der Waals surface area contributed by atoms with E-state index in [0.717, 1.165) is 27.8 Å². The Balaban J connectivity index is 1.68. The Morgan fingerprint density at radius 3 is 1.92 bits per heavy atom. The fraction of sp³-hybridized carbons (Fsp3) is 0.167. The largest absolute Gasteiger partial charge is 0.344 e. The minimum absolute atomic E-state index is 0.139. The predicted molar refractivity (Wildman–Crippen MR) is 144 cm³/mol. The number of sulfonamides is 1. The van der Waals surface area contributed by atoms with Crippen LogP contribution in [0.5, 0.6) is 0 Å². The number of benzene rings is 4. The Bertz CT molecular complexity index is 1430. The smallest absolute Gasteiger partial charge is 0.264 e. The average molecular weight is 499 g/mol. The molecule has 1 amide bonds. The maximum Gasteiger partial charge on any atom is 0.264 e. The molecule has 0 spiro atoms. The van der Waals surface area contributed by atoms with Crippen LogP contribution in [-0.2, 0) is 14.8 Å². The van der Waals surface area contributed by atoms with Gasteiger partial charge in [0.2, 0.25) is 5.91 Å². The van der Waals surface area contributed by atoms with Gasteiger partial charge in [-0.2, -0.15) is 0 Å². The zero-order chi connectivity index (χ0) is 25.7. The molecule has 1 atom stereocenters. The van der Waals surface area contributed by atoms with Gasteiger partial charge in [-0.05, 0) is 56.2 Å². The van der Waals surface area contributed by atoms with E-state index in [2.05, 4.69) is 5.32 Å². The van der Waals surface area contributed by atoms with Crippen LogP contribution in [0.4, 0.5) is 5.69 Å². The molecule has 4 aromatic carbocycles. The van der Waals surface area contributed by atoms with Crippen LogP contribution >= 0.6 is 0 Å². The van der Waals surface area contributed by atoms with Crippen LogP contribution in [0.25, 0.3) is 0 Å². The number of nitrogens with one attached hydrogen (secondary N) is 1. The number of nitrogens with zero attached hydrogens (tertiary/aromatic N) is 1. The second kappa shape index (κ2) is 10.8. The van der Waals surface area contributed by atoms with Crippen LogP contribution in [0.15, 0.2) is 108 Å². The van der Waals surface area contributed by atoms with Crippen molar-refractivity contribution in [2.75, 3.05) is 10.8 Å². The number of aryl methyl sites for hydroxylation is 3. The summed E-state index contributed by atoms with van der Waals surface area (Å²) in [5.74, 6) is -0.401. The minimum Gasteiger partial charge on any atom is -0.344 e. The molecule has 1 unspecified atom stereocenters. The summed E-state index contributed by atoms with van der Waals surface area (Å²) in [5.41, 5.74) is 5.31. The molecule has 36 heavy (non-hydrogen) atoms. The summed E-state index contributed by atoms with van der Waals surface area (Å²) >= 11 is 0. The van der Waals surface area contributed by atoms with Crippen LogP contribution in [0.1, 0.15) is 33.9 Å². The Morgan fingerprint density at radius 2 is 1.31 bits per heavy atom. The summed E-state index contributed by atoms with van der Waals surface area (Å²) in [6.45, 7) is 5.48. The van der Waals surface area contributed by atoms with Crippen molar-refractivity contribution < 1.29 is 13.2 Å². The highest BCUT2D eigenvalue weighted by atomic mass is 32.2. The molecule has 5 nitrogen and oxygen atoms in total. The molecule has 0 saturated heterocycles. The number of hydrogen-bond donors (Lipinski definition) is 1. The third-order valence-corrected chi connectivity index (χ3v) is 7.82. The van der Waals surface area contributed by atoms with Crippen molar-refractivity contribution in [1.29, 1.82) is 0 Å². The Kier molecular flexibility index (Phi) is 7.55. The number of carbonyl (C=O) groups is 1. The first-order valence-corrected chi connectivity index (χ1v) is 13.2. The third kappa shape index (κ3) is 5.83. The maximum atomic E-state index is 13.7. The highest BCUT2D eigenvalue weighted by molar-refractivity contribution is 7.92. The molecule has 0 aliphatic rings. The van der Waals surface area contributed by atoms with E-state index in [1.54, 1.807) is 36.4 Å². The number of carbonyl (C=O) groups excluding carboxylic acids is 1. The van der Waals surface area contributed by atoms with Gasteiger partial charge in [-0.1, -0.05) is 95.6 Å². The van der Waals surface area contributed by atoms with Gasteiger partial charge in [0, 0.05) is 0 Å². The van der Waals surface area contributed by atoms with Crippen LogP contribution in [-0.4, -0.2) is 20.9 Å². The predicted octanol–water partition coefficient (Wildman–Crippen LogP) is 5.71. The maximum absolute atomic E-state index is 13.7. The Morgan fingerprint density at radius 1 is 0.722 bits per heavy atom. The summed E-state index contributed by atoms with van der Waals surface area (Å²) in [6, 6.07) is 31.0. The Labute approximate surface area is 213 Å². The van der Waals surface area contributed by atoms with E-state index in [9.17, 15) is 13.2 Å². The minimum atomic E-state index is -3.98. The van der Waals surface area contributed by atoms with Gasteiger partial charge in [-0.25, -0.2) is 8.42 Å². The molecular formula is C30H30N2O3S. The number of amides is 1. The lowest BCUT2D eigenvalue weighted by Gasteiger charge is -2.26. The van der Waals surface area contributed by atoms with Crippen molar-refractivity contribution in [3.05, 3.63) is 131 Å². The first-order valence-electron chi connectivity index (χ1n) is 11.8. The van der Waals surface area contributed by atoms with E-state index in [1.165, 1.54) is 4.31 Å². The fourth-order valence-electron chi connectivity index (χ4n) is 4.05. The fourth-order valence-corrected chi connectivity index (χ4v) is 5.48. The number of anilines is 1. The van der Waals surface area contributed by atoms with Crippen molar-refractivity contribution in [2.24, 2.45) is 0 Å². The topological polar surface area (TPSA) is 66.5 Å². The molecule has 4 rings (SSSR count). The van der Waals surface area contributed by atoms with Crippen molar-refractivity contribution in [3.8, 4) is 0 Å². The lowest BCUT2D eigenvalue weighted by atomic mass is 9.97. The van der Waals surface area contributed by atoms with E-state index < -0.39 is 22.0 Å². The Hall–Kier alpha value is -3.90. The lowest BCUT2D eigenvalue weighted by molar-refractivity contribution is -0.120. The van der Waals surface area contributed by atoms with Crippen molar-refractivity contribution in [3.63, 3.8) is 0 Å². The monoisotopic (exact) mass is 498 g/mol. The summed E-state index contributed by atoms with van der Waals surface area (Å²) < 4.78 is 28.5. The van der Waals surface area contributed by atoms with Gasteiger partial charge in [-0.3, -0.25) is 9.10 Å². The van der Waals surface area contributed by atoms with E-state index in [-0.39, 0.29) is 11.4 Å². The summed E-state index contributed by atoms with van der Waals surface area (Å²) in [5, 5.41) is 3.08. The second-order valence-electron chi connectivity index (χ2n) is 8.99. The zero-order valence-electron chi connectivity index (χ0n) is 20.7. The number of hydrogen-bond acceptors (Lipinski definition) is 3. The average Bonchev–Trinajstić information content (AvgIpc) is 2.87. The van der Waals surface area contributed by atoms with Gasteiger partial charge in [0.1, 0.15) is 6.54 Å². The van der Waals surface area contributed by atoms with Gasteiger partial charge in [0.05, 0.1) is 16.6 Å². The molecule has 0 bridgehead atoms. The van der Waals surface area contributed by atoms with Gasteiger partial charge in [0.25, 0.3) is 10.0 Å². The number of rotatable bonds is 8. The first kappa shape index (κ1) is 25.2. The van der Waals surface area contributed by atoms with E-state index >= 15 is 0 Å². The highest BCUT2D eigenvalue weighted by Gasteiger charge is 2.28. The molecule has 0 aromatic heterocycles. The van der Waals surface area contributed by atoms with Crippen LogP contribution in [0, 0.1) is 20.8 Å². The molecule has 1 N–H and O–H groups in total. The van der Waals surface area contributed by atoms with Crippen LogP contribution < -0.4 is 9.62 Å². The van der Waals surface area contributed by atoms with Gasteiger partial charge in [-0.15, -0.1) is 0 Å². The molecule has 0 aliphatic carbocycles. The molecule has 6 heteroatoms. The van der Waals surface area contributed by atoms with Crippen molar-refractivity contribution in [1.82, 2.24) is 5.32 Å². The van der Waals surface area contributed by atoms with E-state index in [4.69, 9.17) is 0 Å². The molecular weight excluding hydrogens is 468 g/mol.